The van der Waals surface area contributed by atoms with Crippen LogP contribution >= 0.6 is 139 Å². The number of carbonyl (C=O) groups is 1. The first-order valence-electron chi connectivity index (χ1n) is 38.6. The van der Waals surface area contributed by atoms with Crippen LogP contribution in [0.25, 0.3) is 134 Å². The molecule has 5 heterocycles. The third kappa shape index (κ3) is 16.6. The Hall–Kier alpha value is -9.51. The Labute approximate surface area is 788 Å². The fourth-order valence-corrected chi connectivity index (χ4v) is 18.6. The van der Waals surface area contributed by atoms with Gasteiger partial charge in [0.15, 0.2) is 23.0 Å². The predicted octanol–water partition coefficient (Wildman–Crippen LogP) is 32.4. The number of para-hydroxylation sites is 3. The van der Waals surface area contributed by atoms with Crippen molar-refractivity contribution in [3.63, 3.8) is 0 Å². The van der Waals surface area contributed by atoms with Crippen LogP contribution in [0.15, 0.2) is 231 Å². The van der Waals surface area contributed by atoms with Crippen LogP contribution < -0.4 is 38.5 Å². The molecule has 614 valence electrons. The van der Waals surface area contributed by atoms with Gasteiger partial charge in [-0.3, -0.25) is 4.48 Å². The van der Waals surface area contributed by atoms with Crippen molar-refractivity contribution in [2.24, 2.45) is 0 Å². The number of nitrogens with zero attached hydrogens (tertiary/aromatic N) is 5. The number of benzene rings is 12. The maximum absolute atomic E-state index is 11.9. The van der Waals surface area contributed by atoms with Crippen LogP contribution in [0.2, 0.25) is 60.3 Å². The molecule has 2 aliphatic heterocycles. The molecule has 2 aliphatic rings. The topological polar surface area (TPSA) is 131 Å². The minimum absolute atomic E-state index is 0. The van der Waals surface area contributed by atoms with Gasteiger partial charge in [0.05, 0.1) is 90.1 Å². The van der Waals surface area contributed by atoms with E-state index in [1.807, 2.05) is 109 Å². The number of carboxylic acids is 1. The van der Waals surface area contributed by atoms with Gasteiger partial charge in [-0.15, -0.1) is 22.1 Å². The van der Waals surface area contributed by atoms with Crippen LogP contribution in [0.5, 0.6) is 46.0 Å². The first-order chi connectivity index (χ1) is 58.7. The second-order valence-electron chi connectivity index (χ2n) is 32.5. The van der Waals surface area contributed by atoms with Gasteiger partial charge in [-0.25, -0.2) is 9.97 Å². The Balaban J connectivity index is 0.0000114. The zero-order chi connectivity index (χ0) is 86.7. The maximum atomic E-state index is 11.9. The standard InChI is InChI=1S/C100H69Cl12N5O6.Zn/c1-99(2,3)56-38-34-53(35-39-56)61-21-13-16-24-72(61)122-96-88(107)80-69-49-70-81-77(85(104)93(112)97(89(81)108)123-73-25-17-14-22-62(73)54-36-40-57(41-37-54)100(4,5)6)66(116-70)47-65-76-79(87(106)95(91(110)83(76)102)121-71-23-15-12-20-60(71)52-30-32-55(33-31-52)98(118)119)68(114-65)48-67-78-74(63(113-67)46-64(115-69)75(80)84(103)92(96)111)82(101)90(109)94(86(78)105)120-59-44-28-51(29-45-59)19-11-10-18-50-26-42-58(43-27-50)117(7,8)9;/h10-49H,1-9H3,(H2-,113,114,115,116,118,119);/q;+2/p-2/b18-10+,19-11+,63-46?,64-46?,65-47?,66-47?,67-48?,68-48?,69-49?,70-49?;. The Bertz CT molecular complexity index is 7160. The number of aromatic nitrogens is 4. The van der Waals surface area contributed by atoms with Gasteiger partial charge in [0, 0.05) is 38.9 Å². The fourth-order valence-electron chi connectivity index (χ4n) is 15.1. The molecule has 0 spiro atoms. The summed E-state index contributed by atoms with van der Waals surface area (Å²) in [7, 11) is 6.38. The van der Waals surface area contributed by atoms with Gasteiger partial charge in [0.25, 0.3) is 0 Å². The minimum atomic E-state index is -1.34. The second kappa shape index (κ2) is 34.7. The summed E-state index contributed by atoms with van der Waals surface area (Å²) in [6, 6.07) is 67.1. The van der Waals surface area contributed by atoms with Gasteiger partial charge in [-0.1, -0.05) is 345 Å². The van der Waals surface area contributed by atoms with Crippen molar-refractivity contribution in [1.82, 2.24) is 24.4 Å². The zero-order valence-electron chi connectivity index (χ0n) is 67.5. The molecule has 0 aliphatic carbocycles. The summed E-state index contributed by atoms with van der Waals surface area (Å²) in [6.45, 7) is 12.9. The van der Waals surface area contributed by atoms with Crippen molar-refractivity contribution in [3.05, 3.63) is 319 Å². The first kappa shape index (κ1) is 87.9. The van der Waals surface area contributed by atoms with Crippen LogP contribution in [0.1, 0.15) is 74.2 Å². The van der Waals surface area contributed by atoms with E-state index in [0.717, 1.165) is 44.5 Å². The van der Waals surface area contributed by atoms with E-state index in [-0.39, 0.29) is 214 Å². The number of carbonyl (C=O) groups excluding carboxylic acids is 1. The average molecular weight is 1930 g/mol. The zero-order valence-corrected chi connectivity index (χ0v) is 79.6. The summed E-state index contributed by atoms with van der Waals surface area (Å²) in [5.74, 6) is -0.0155. The number of hydrogen-bond acceptors (Lipinski definition) is 8. The number of allylic oxidation sites excluding steroid dienone is 2. The monoisotopic (exact) mass is 1920 g/mol. The largest absolute Gasteiger partial charge is 2.00 e. The van der Waals surface area contributed by atoms with Crippen LogP contribution in [-0.4, -0.2) is 37.1 Å². The van der Waals surface area contributed by atoms with Crippen LogP contribution in [0.4, 0.5) is 5.69 Å². The van der Waals surface area contributed by atoms with Crippen LogP contribution in [0.3, 0.4) is 0 Å². The third-order valence-corrected chi connectivity index (χ3v) is 26.3. The van der Waals surface area contributed by atoms with E-state index in [0.29, 0.717) is 32.9 Å². The van der Waals surface area contributed by atoms with Crippen molar-refractivity contribution < 1.29 is 48.3 Å². The quantitative estimate of drug-likeness (QED) is 0.0399. The fraction of sp³-hybridized carbons (Fsp3) is 0.110. The smallest absolute Gasteiger partial charge is 0.657 e. The number of quaternary nitrogens is 1. The summed E-state index contributed by atoms with van der Waals surface area (Å²) in [5, 5.41) is 12.3. The third-order valence-electron chi connectivity index (χ3n) is 21.5. The molecule has 12 aromatic carbocycles. The van der Waals surface area contributed by atoms with E-state index in [2.05, 4.69) is 111 Å². The second-order valence-corrected chi connectivity index (χ2v) is 37.0. The van der Waals surface area contributed by atoms with Crippen molar-refractivity contribution in [1.29, 1.82) is 0 Å². The number of carboxylic acid groups (broad SMARTS) is 1. The summed E-state index contributed by atoms with van der Waals surface area (Å²) in [6.07, 6.45) is 7.94. The SMILES string of the molecule is CC(C)(C)c1ccc(-c2ccccc2Oc2c(Cl)c(Cl)c3c(c2Cl)-c2cc4[n-]c(cc5nc(cc6[n-]c(cc-3n2)c2c(Cl)c(Cl)c(Oc3ccccc3-c3ccc(C(=O)[O-])cc3)c(Cl)c62)-c2c(Cl)c(Oc3ccc(/C=C/C=C/c6ccc([N+](C)(C)C)cc6)cc3)c(Cl)c(Cl)c2-5)c2c(Cl)c(Cl)c(Oc3ccccc3-c3ccc(C(C)(C)C)cc3)c(Cl)c42)cc1.[Zn+2]. The van der Waals surface area contributed by atoms with E-state index >= 15 is 0 Å². The van der Waals surface area contributed by atoms with Gasteiger partial charge < -0.3 is 38.8 Å². The van der Waals surface area contributed by atoms with Gasteiger partial charge in [0.1, 0.15) is 48.8 Å². The molecule has 8 bridgehead atoms. The van der Waals surface area contributed by atoms with Gasteiger partial charge in [-0.2, -0.15) is 0 Å². The number of aromatic carboxylic acids is 1. The number of hydrogen-bond donors (Lipinski definition) is 0. The van der Waals surface area contributed by atoms with Gasteiger partial charge >= 0.3 is 19.5 Å². The molecule has 24 heteroatoms. The molecule has 0 saturated carbocycles. The molecule has 0 radical (unpaired) electrons. The Kier molecular flexibility index (Phi) is 24.6. The first-order valence-corrected chi connectivity index (χ1v) is 43.2. The van der Waals surface area contributed by atoms with Crippen molar-refractivity contribution in [3.8, 4) is 124 Å². The molecule has 0 amide bonds. The molecule has 11 nitrogen and oxygen atoms in total. The van der Waals surface area contributed by atoms with Crippen molar-refractivity contribution in [2.45, 2.75) is 52.4 Å². The summed E-state index contributed by atoms with van der Waals surface area (Å²) in [5.41, 5.74) is 11.7. The Morgan fingerprint density at radius 2 is 0.653 bits per heavy atom. The average Bonchev–Trinajstić information content (AvgIpc) is 1.56. The predicted molar refractivity (Wildman–Crippen MR) is 511 cm³/mol. The molecular weight excluding hydrogens is 1860 g/mol. The summed E-state index contributed by atoms with van der Waals surface area (Å²) in [4.78, 5) is 33.6. The van der Waals surface area contributed by atoms with Gasteiger partial charge in [0.2, 0.25) is 0 Å². The van der Waals surface area contributed by atoms with Crippen molar-refractivity contribution in [2.75, 3.05) is 21.1 Å². The Morgan fingerprint density at radius 1 is 0.355 bits per heavy atom. The molecule has 0 saturated heterocycles. The molecule has 124 heavy (non-hydrogen) atoms. The molecular formula is C100H67Cl12N5O6Zn. The molecule has 0 fully saturated rings. The van der Waals surface area contributed by atoms with E-state index in [1.165, 1.54) is 17.8 Å². The van der Waals surface area contributed by atoms with Crippen molar-refractivity contribution >= 4 is 207 Å². The van der Waals surface area contributed by atoms with E-state index in [9.17, 15) is 9.90 Å². The van der Waals surface area contributed by atoms with Crippen LogP contribution in [0, 0.1) is 0 Å². The normalized spacial score (nSPS) is 12.2. The molecule has 15 aromatic rings. The number of rotatable bonds is 16. The molecule has 0 unspecified atom stereocenters. The van der Waals surface area contributed by atoms with Gasteiger partial charge in [-0.05, 0) is 156 Å². The number of halogens is 12. The Morgan fingerprint density at radius 3 is 0.992 bits per heavy atom. The molecule has 3 aromatic heterocycles. The maximum Gasteiger partial charge on any atom is 2.00 e. The molecule has 0 N–H and O–H groups in total. The number of ether oxygens (including phenoxy) is 4. The van der Waals surface area contributed by atoms with Crippen LogP contribution in [-0.2, 0) is 30.3 Å². The summed E-state index contributed by atoms with van der Waals surface area (Å²) < 4.78 is 28.2. The van der Waals surface area contributed by atoms with E-state index < -0.39 is 5.97 Å². The minimum Gasteiger partial charge on any atom is -0.657 e. The van der Waals surface area contributed by atoms with E-state index in [1.54, 1.807) is 72.8 Å². The number of fused-ring (bicyclic) bond motifs is 20. The summed E-state index contributed by atoms with van der Waals surface area (Å²) >= 11 is 92.9. The van der Waals surface area contributed by atoms with E-state index in [4.69, 9.17) is 178 Å². The molecule has 0 atom stereocenters. The molecule has 17 rings (SSSR count).